The topological polar surface area (TPSA) is 61.2 Å². The van der Waals surface area contributed by atoms with E-state index in [-0.39, 0.29) is 12.3 Å². The molecule has 1 N–H and O–H groups in total. The quantitative estimate of drug-likeness (QED) is 0.651. The summed E-state index contributed by atoms with van der Waals surface area (Å²) in [5, 5.41) is 11.0. The number of aromatic nitrogens is 3. The number of nitrogens with zero attached hydrogens (tertiary/aromatic N) is 3. The molecule has 1 atom stereocenters. The third-order valence-electron chi connectivity index (χ3n) is 2.24. The molecule has 0 fully saturated rings. The highest BCUT2D eigenvalue weighted by Gasteiger charge is 2.20. The van der Waals surface area contributed by atoms with Crippen LogP contribution < -0.4 is 5.32 Å². The van der Waals surface area contributed by atoms with Crippen molar-refractivity contribution in [1.82, 2.24) is 20.3 Å². The smallest absolute Gasteiger partial charge is 0.172 e. The van der Waals surface area contributed by atoms with E-state index in [0.717, 1.165) is 12.1 Å². The van der Waals surface area contributed by atoms with Gasteiger partial charge in [0, 0.05) is 33.9 Å². The molecular weight excluding hydrogens is 196 g/mol. The molecule has 0 bridgehead atoms. The largest absolute Gasteiger partial charge is 0.354 e. The third kappa shape index (κ3) is 3.26. The summed E-state index contributed by atoms with van der Waals surface area (Å²) in [6.45, 7) is 0. The molecule has 1 rings (SSSR count). The number of hydrogen-bond donors (Lipinski definition) is 1. The van der Waals surface area contributed by atoms with E-state index in [1.54, 1.807) is 18.9 Å². The van der Waals surface area contributed by atoms with Crippen LogP contribution in [0.25, 0.3) is 0 Å². The van der Waals surface area contributed by atoms with Gasteiger partial charge in [-0.05, 0) is 7.05 Å². The number of ether oxygens (including phenoxy) is 2. The maximum absolute atomic E-state index is 5.19. The average molecular weight is 214 g/mol. The molecule has 0 aliphatic carbocycles. The maximum Gasteiger partial charge on any atom is 0.172 e. The Labute approximate surface area is 89.6 Å². The minimum absolute atomic E-state index is 0.0664. The second kappa shape index (κ2) is 5.79. The molecule has 0 aromatic carbocycles. The molecule has 0 amide bonds. The Morgan fingerprint density at radius 3 is 2.53 bits per heavy atom. The van der Waals surface area contributed by atoms with Crippen molar-refractivity contribution in [2.75, 3.05) is 21.3 Å². The van der Waals surface area contributed by atoms with E-state index in [9.17, 15) is 0 Å². The fraction of sp³-hybridized carbons (Fsp3) is 0.778. The van der Waals surface area contributed by atoms with Gasteiger partial charge in [-0.2, -0.15) is 0 Å². The minimum atomic E-state index is -0.281. The molecule has 0 aliphatic heterocycles. The van der Waals surface area contributed by atoms with Crippen molar-refractivity contribution in [1.29, 1.82) is 0 Å². The first-order chi connectivity index (χ1) is 7.21. The van der Waals surface area contributed by atoms with Gasteiger partial charge in [0.05, 0.1) is 11.7 Å². The SMILES string of the molecule is CNC(Cc1cn(C)nn1)C(OC)OC. The van der Waals surface area contributed by atoms with E-state index in [4.69, 9.17) is 9.47 Å². The van der Waals surface area contributed by atoms with Crippen molar-refractivity contribution in [2.45, 2.75) is 18.8 Å². The van der Waals surface area contributed by atoms with E-state index in [1.807, 2.05) is 20.3 Å². The van der Waals surface area contributed by atoms with Crippen LogP contribution in [0.1, 0.15) is 5.69 Å². The molecule has 1 heterocycles. The van der Waals surface area contributed by atoms with E-state index in [0.29, 0.717) is 0 Å². The molecular formula is C9H18N4O2. The summed E-state index contributed by atoms with van der Waals surface area (Å²) in [7, 11) is 6.95. The molecule has 1 aromatic heterocycles. The van der Waals surface area contributed by atoms with Gasteiger partial charge in [0.1, 0.15) is 0 Å². The zero-order valence-electron chi connectivity index (χ0n) is 9.60. The summed E-state index contributed by atoms with van der Waals surface area (Å²) in [5.41, 5.74) is 0.913. The van der Waals surface area contributed by atoms with E-state index >= 15 is 0 Å². The van der Waals surface area contributed by atoms with Crippen LogP contribution in [-0.4, -0.2) is 48.6 Å². The Kier molecular flexibility index (Phi) is 4.67. The van der Waals surface area contributed by atoms with Crippen molar-refractivity contribution >= 4 is 0 Å². The molecule has 0 spiro atoms. The van der Waals surface area contributed by atoms with Crippen molar-refractivity contribution in [2.24, 2.45) is 7.05 Å². The highest BCUT2D eigenvalue weighted by molar-refractivity contribution is 4.96. The lowest BCUT2D eigenvalue weighted by Crippen LogP contribution is -2.41. The Balaban J connectivity index is 2.60. The van der Waals surface area contributed by atoms with E-state index < -0.39 is 0 Å². The Morgan fingerprint density at radius 1 is 1.47 bits per heavy atom. The van der Waals surface area contributed by atoms with Gasteiger partial charge in [0.2, 0.25) is 0 Å². The van der Waals surface area contributed by atoms with Crippen LogP contribution in [0.5, 0.6) is 0 Å². The number of likely N-dealkylation sites (N-methyl/N-ethyl adjacent to an activating group) is 1. The Morgan fingerprint density at radius 2 is 2.13 bits per heavy atom. The van der Waals surface area contributed by atoms with Crippen LogP contribution in [0.2, 0.25) is 0 Å². The second-order valence-electron chi connectivity index (χ2n) is 3.32. The summed E-state index contributed by atoms with van der Waals surface area (Å²) < 4.78 is 12.1. The van der Waals surface area contributed by atoms with Crippen molar-refractivity contribution in [3.05, 3.63) is 11.9 Å². The average Bonchev–Trinajstić information content (AvgIpc) is 2.64. The van der Waals surface area contributed by atoms with Crippen molar-refractivity contribution < 1.29 is 9.47 Å². The highest BCUT2D eigenvalue weighted by atomic mass is 16.7. The Hall–Kier alpha value is -0.980. The molecule has 6 nitrogen and oxygen atoms in total. The van der Waals surface area contributed by atoms with Gasteiger partial charge < -0.3 is 14.8 Å². The first-order valence-corrected chi connectivity index (χ1v) is 4.79. The lowest BCUT2D eigenvalue weighted by atomic mass is 10.1. The van der Waals surface area contributed by atoms with Gasteiger partial charge in [-0.3, -0.25) is 4.68 Å². The van der Waals surface area contributed by atoms with Gasteiger partial charge in [-0.1, -0.05) is 5.21 Å². The van der Waals surface area contributed by atoms with Crippen molar-refractivity contribution in [3.63, 3.8) is 0 Å². The van der Waals surface area contributed by atoms with Gasteiger partial charge >= 0.3 is 0 Å². The first-order valence-electron chi connectivity index (χ1n) is 4.79. The zero-order chi connectivity index (χ0) is 11.3. The summed E-state index contributed by atoms with van der Waals surface area (Å²) in [4.78, 5) is 0. The normalized spacial score (nSPS) is 13.4. The lowest BCUT2D eigenvalue weighted by molar-refractivity contribution is -0.121. The molecule has 1 unspecified atom stereocenters. The molecule has 0 saturated carbocycles. The molecule has 0 radical (unpaired) electrons. The summed E-state index contributed by atoms with van der Waals surface area (Å²) in [5.74, 6) is 0. The zero-order valence-corrected chi connectivity index (χ0v) is 9.60. The maximum atomic E-state index is 5.19. The highest BCUT2D eigenvalue weighted by Crippen LogP contribution is 2.05. The molecule has 0 saturated heterocycles. The van der Waals surface area contributed by atoms with Crippen molar-refractivity contribution in [3.8, 4) is 0 Å². The predicted octanol–water partition coefficient (Wildman–Crippen LogP) is -0.435. The van der Waals surface area contributed by atoms with Crippen LogP contribution >= 0.6 is 0 Å². The predicted molar refractivity (Wildman–Crippen MR) is 55.4 cm³/mol. The lowest BCUT2D eigenvalue weighted by Gasteiger charge is -2.23. The number of rotatable bonds is 6. The number of aryl methyl sites for hydroxylation is 1. The van der Waals surface area contributed by atoms with Crippen LogP contribution in [0, 0.1) is 0 Å². The van der Waals surface area contributed by atoms with Crippen LogP contribution in [-0.2, 0) is 22.9 Å². The monoisotopic (exact) mass is 214 g/mol. The molecule has 15 heavy (non-hydrogen) atoms. The fourth-order valence-electron chi connectivity index (χ4n) is 1.47. The van der Waals surface area contributed by atoms with Gasteiger partial charge in [-0.25, -0.2) is 0 Å². The molecule has 6 heteroatoms. The standard InChI is InChI=1S/C9H18N4O2/c1-10-8(9(14-3)15-4)5-7-6-13(2)12-11-7/h6,8-10H,5H2,1-4H3. The fourth-order valence-corrected chi connectivity index (χ4v) is 1.47. The first kappa shape index (κ1) is 12.1. The van der Waals surface area contributed by atoms with Crippen LogP contribution in [0.4, 0.5) is 0 Å². The molecule has 0 aliphatic rings. The third-order valence-corrected chi connectivity index (χ3v) is 2.24. The summed E-state index contributed by atoms with van der Waals surface area (Å²) in [6, 6.07) is 0.0664. The van der Waals surface area contributed by atoms with E-state index in [2.05, 4.69) is 15.6 Å². The van der Waals surface area contributed by atoms with Crippen LogP contribution in [0.3, 0.4) is 0 Å². The van der Waals surface area contributed by atoms with Gasteiger partial charge in [0.25, 0.3) is 0 Å². The minimum Gasteiger partial charge on any atom is -0.354 e. The number of hydrogen-bond acceptors (Lipinski definition) is 5. The van der Waals surface area contributed by atoms with Gasteiger partial charge in [-0.15, -0.1) is 5.10 Å². The molecule has 1 aromatic rings. The number of methoxy groups -OCH3 is 2. The molecule has 86 valence electrons. The summed E-state index contributed by atoms with van der Waals surface area (Å²) in [6.07, 6.45) is 2.32. The van der Waals surface area contributed by atoms with E-state index in [1.165, 1.54) is 0 Å². The number of nitrogens with one attached hydrogen (secondary N) is 1. The second-order valence-corrected chi connectivity index (χ2v) is 3.32. The Bertz CT molecular complexity index is 285. The van der Waals surface area contributed by atoms with Gasteiger partial charge in [0.15, 0.2) is 6.29 Å². The van der Waals surface area contributed by atoms with Crippen LogP contribution in [0.15, 0.2) is 6.20 Å². The summed E-state index contributed by atoms with van der Waals surface area (Å²) >= 11 is 0.